The molecule has 5 heteroatoms. The highest BCUT2D eigenvalue weighted by atomic mass is 16.1. The molecule has 0 unspecified atom stereocenters. The number of hydrogen-bond donors (Lipinski definition) is 2. The third-order valence-corrected chi connectivity index (χ3v) is 5.04. The van der Waals surface area contributed by atoms with Gasteiger partial charge in [-0.1, -0.05) is 19.3 Å². The Kier molecular flexibility index (Phi) is 6.72. The Morgan fingerprint density at radius 1 is 1.22 bits per heavy atom. The summed E-state index contributed by atoms with van der Waals surface area (Å²) in [5.41, 5.74) is 0.531. The number of likely N-dealkylation sites (tertiary alicyclic amines) is 1. The zero-order chi connectivity index (χ0) is 16.7. The van der Waals surface area contributed by atoms with Crippen LogP contribution in [-0.4, -0.2) is 49.0 Å². The number of carbonyl (C=O) groups excluding carboxylic acids is 1. The first-order valence-corrected chi connectivity index (χ1v) is 9.37. The van der Waals surface area contributed by atoms with Gasteiger partial charge >= 0.3 is 0 Å². The van der Waals surface area contributed by atoms with Crippen molar-refractivity contribution in [3.8, 4) is 0 Å². The van der Waals surface area contributed by atoms with Gasteiger partial charge in [0.1, 0.15) is 0 Å². The van der Waals surface area contributed by atoms with Crippen LogP contribution >= 0.6 is 0 Å². The molecule has 1 saturated heterocycles. The molecule has 0 bridgehead atoms. The van der Waals surface area contributed by atoms with E-state index in [9.17, 15) is 4.79 Å². The molecular weight excluding hydrogens is 288 g/mol. The first-order valence-electron chi connectivity index (χ1n) is 9.37. The Hall–Kier alpha value is -1.26. The Bertz CT molecular complexity index is 413. The largest absolute Gasteiger partial charge is 0.357 e. The van der Waals surface area contributed by atoms with Crippen LogP contribution in [0.25, 0.3) is 0 Å². The highest BCUT2D eigenvalue weighted by Gasteiger charge is 2.39. The molecule has 0 aromatic rings. The molecule has 0 aromatic carbocycles. The lowest BCUT2D eigenvalue weighted by Gasteiger charge is -2.33. The normalized spacial score (nSPS) is 21.0. The van der Waals surface area contributed by atoms with Crippen molar-refractivity contribution in [1.82, 2.24) is 15.5 Å². The maximum Gasteiger partial charge on any atom is 0.222 e. The average Bonchev–Trinajstić information content (AvgIpc) is 2.90. The number of rotatable bonds is 5. The van der Waals surface area contributed by atoms with E-state index in [0.717, 1.165) is 25.6 Å². The van der Waals surface area contributed by atoms with Gasteiger partial charge in [-0.2, -0.15) is 0 Å². The zero-order valence-electron chi connectivity index (χ0n) is 15.2. The lowest BCUT2D eigenvalue weighted by molar-refractivity contribution is -0.121. The van der Waals surface area contributed by atoms with Crippen molar-refractivity contribution in [3.05, 3.63) is 0 Å². The fourth-order valence-electron chi connectivity index (χ4n) is 3.91. The molecule has 2 aliphatic rings. The van der Waals surface area contributed by atoms with Gasteiger partial charge in [0.25, 0.3) is 0 Å². The van der Waals surface area contributed by atoms with E-state index in [-0.39, 0.29) is 11.9 Å². The first-order chi connectivity index (χ1) is 11.0. The SMILES string of the molecule is CCNC(=NCCC(=O)NC(C)C)N1CCC2(CCCCC2)C1. The lowest BCUT2D eigenvalue weighted by Crippen LogP contribution is -2.42. The van der Waals surface area contributed by atoms with Crippen molar-refractivity contribution >= 4 is 11.9 Å². The van der Waals surface area contributed by atoms with Crippen molar-refractivity contribution in [2.75, 3.05) is 26.2 Å². The van der Waals surface area contributed by atoms with E-state index in [4.69, 9.17) is 4.99 Å². The van der Waals surface area contributed by atoms with Crippen LogP contribution in [0.1, 0.15) is 65.7 Å². The maximum absolute atomic E-state index is 11.7. The number of amides is 1. The van der Waals surface area contributed by atoms with Gasteiger partial charge in [0.15, 0.2) is 5.96 Å². The van der Waals surface area contributed by atoms with E-state index in [1.165, 1.54) is 38.5 Å². The quantitative estimate of drug-likeness (QED) is 0.604. The Morgan fingerprint density at radius 2 is 1.96 bits per heavy atom. The molecule has 132 valence electrons. The van der Waals surface area contributed by atoms with Crippen molar-refractivity contribution in [3.63, 3.8) is 0 Å². The second kappa shape index (κ2) is 8.55. The van der Waals surface area contributed by atoms with Crippen LogP contribution in [0.5, 0.6) is 0 Å². The molecule has 0 aromatic heterocycles. The second-order valence-corrected chi connectivity index (χ2v) is 7.44. The molecule has 0 radical (unpaired) electrons. The highest BCUT2D eigenvalue weighted by molar-refractivity contribution is 5.81. The molecule has 23 heavy (non-hydrogen) atoms. The fourth-order valence-corrected chi connectivity index (χ4v) is 3.91. The molecule has 5 nitrogen and oxygen atoms in total. The molecule has 2 N–H and O–H groups in total. The number of aliphatic imine (C=N–C) groups is 1. The number of hydrogen-bond acceptors (Lipinski definition) is 2. The van der Waals surface area contributed by atoms with E-state index >= 15 is 0 Å². The molecule has 1 amide bonds. The molecule has 1 saturated carbocycles. The van der Waals surface area contributed by atoms with Gasteiger partial charge < -0.3 is 15.5 Å². The number of nitrogens with one attached hydrogen (secondary N) is 2. The fraction of sp³-hybridized carbons (Fsp3) is 0.889. The summed E-state index contributed by atoms with van der Waals surface area (Å²) in [5, 5.41) is 6.33. The molecule has 0 atom stereocenters. The third-order valence-electron chi connectivity index (χ3n) is 5.04. The summed E-state index contributed by atoms with van der Waals surface area (Å²) in [6.07, 6.45) is 8.69. The lowest BCUT2D eigenvalue weighted by atomic mass is 9.73. The molecule has 1 aliphatic heterocycles. The predicted octanol–water partition coefficient (Wildman–Crippen LogP) is 2.52. The van der Waals surface area contributed by atoms with Crippen molar-refractivity contribution < 1.29 is 4.79 Å². The number of nitrogens with zero attached hydrogens (tertiary/aromatic N) is 2. The third kappa shape index (κ3) is 5.40. The number of carbonyl (C=O) groups is 1. The van der Waals surface area contributed by atoms with Crippen molar-refractivity contribution in [2.45, 2.75) is 71.8 Å². The smallest absolute Gasteiger partial charge is 0.222 e. The average molecular weight is 322 g/mol. The van der Waals surface area contributed by atoms with Gasteiger partial charge in [-0.3, -0.25) is 9.79 Å². The second-order valence-electron chi connectivity index (χ2n) is 7.44. The molecule has 1 spiro atoms. The maximum atomic E-state index is 11.7. The predicted molar refractivity (Wildman–Crippen MR) is 95.6 cm³/mol. The standard InChI is InChI=1S/C18H34N4O/c1-4-19-17(20-12-8-16(23)21-15(2)3)22-13-11-18(14-22)9-6-5-7-10-18/h15H,4-14H2,1-3H3,(H,19,20)(H,21,23). The summed E-state index contributed by atoms with van der Waals surface area (Å²) in [5.74, 6) is 1.08. The molecule has 1 heterocycles. The topological polar surface area (TPSA) is 56.7 Å². The van der Waals surface area contributed by atoms with Crippen LogP contribution in [0.4, 0.5) is 0 Å². The van der Waals surface area contributed by atoms with Crippen LogP contribution < -0.4 is 10.6 Å². The van der Waals surface area contributed by atoms with Crippen LogP contribution in [0.3, 0.4) is 0 Å². The summed E-state index contributed by atoms with van der Waals surface area (Å²) in [7, 11) is 0. The highest BCUT2D eigenvalue weighted by Crippen LogP contribution is 2.43. The first kappa shape index (κ1) is 18.1. The number of guanidine groups is 1. The van der Waals surface area contributed by atoms with Crippen LogP contribution in [-0.2, 0) is 4.79 Å². The molecule has 2 fully saturated rings. The van der Waals surface area contributed by atoms with Gasteiger partial charge in [0.05, 0.1) is 6.54 Å². The van der Waals surface area contributed by atoms with E-state index in [0.29, 0.717) is 18.4 Å². The Morgan fingerprint density at radius 3 is 2.61 bits per heavy atom. The van der Waals surface area contributed by atoms with E-state index in [2.05, 4.69) is 22.5 Å². The minimum atomic E-state index is 0.0878. The van der Waals surface area contributed by atoms with Gasteiger partial charge in [-0.25, -0.2) is 0 Å². The van der Waals surface area contributed by atoms with Crippen LogP contribution in [0.2, 0.25) is 0 Å². The minimum Gasteiger partial charge on any atom is -0.357 e. The summed E-state index contributed by atoms with van der Waals surface area (Å²) >= 11 is 0. The van der Waals surface area contributed by atoms with E-state index in [1.807, 2.05) is 13.8 Å². The Balaban J connectivity index is 1.88. The van der Waals surface area contributed by atoms with Crippen LogP contribution in [0.15, 0.2) is 4.99 Å². The minimum absolute atomic E-state index is 0.0878. The van der Waals surface area contributed by atoms with Crippen molar-refractivity contribution in [1.29, 1.82) is 0 Å². The summed E-state index contributed by atoms with van der Waals surface area (Å²) in [6.45, 7) is 9.75. The molecule has 1 aliphatic carbocycles. The van der Waals surface area contributed by atoms with Gasteiger partial charge in [-0.15, -0.1) is 0 Å². The van der Waals surface area contributed by atoms with Gasteiger partial charge in [0, 0.05) is 32.1 Å². The summed E-state index contributed by atoms with van der Waals surface area (Å²) in [6, 6.07) is 0.199. The van der Waals surface area contributed by atoms with Gasteiger partial charge in [-0.05, 0) is 45.4 Å². The van der Waals surface area contributed by atoms with E-state index < -0.39 is 0 Å². The van der Waals surface area contributed by atoms with E-state index in [1.54, 1.807) is 0 Å². The zero-order valence-corrected chi connectivity index (χ0v) is 15.2. The summed E-state index contributed by atoms with van der Waals surface area (Å²) in [4.78, 5) is 18.8. The summed E-state index contributed by atoms with van der Waals surface area (Å²) < 4.78 is 0. The van der Waals surface area contributed by atoms with Gasteiger partial charge in [0.2, 0.25) is 5.91 Å². The molecular formula is C18H34N4O. The Labute approximate surface area is 141 Å². The molecule has 2 rings (SSSR count). The van der Waals surface area contributed by atoms with Crippen molar-refractivity contribution in [2.24, 2.45) is 10.4 Å². The van der Waals surface area contributed by atoms with Crippen LogP contribution in [0, 0.1) is 5.41 Å². The monoisotopic (exact) mass is 322 g/mol.